The van der Waals surface area contributed by atoms with E-state index in [0.717, 1.165) is 18.9 Å². The highest BCUT2D eigenvalue weighted by Crippen LogP contribution is 2.42. The van der Waals surface area contributed by atoms with Crippen molar-refractivity contribution in [1.29, 1.82) is 0 Å². The van der Waals surface area contributed by atoms with E-state index in [1.165, 1.54) is 29.0 Å². The van der Waals surface area contributed by atoms with E-state index in [9.17, 15) is 0 Å². The minimum Gasteiger partial charge on any atom is -0.305 e. The van der Waals surface area contributed by atoms with E-state index in [2.05, 4.69) is 41.0 Å². The lowest BCUT2D eigenvalue weighted by atomic mass is 10.1. The number of nitrogens with one attached hydrogen (secondary N) is 1. The summed E-state index contributed by atoms with van der Waals surface area (Å²) in [5.74, 6) is 0.834. The number of aromatic nitrogens is 2. The van der Waals surface area contributed by atoms with Gasteiger partial charge in [0.25, 0.3) is 0 Å². The van der Waals surface area contributed by atoms with Crippen molar-refractivity contribution in [3.8, 4) is 0 Å². The van der Waals surface area contributed by atoms with Crippen LogP contribution in [0.4, 0.5) is 0 Å². The van der Waals surface area contributed by atoms with E-state index >= 15 is 0 Å². The highest BCUT2D eigenvalue weighted by molar-refractivity contribution is 7.10. The summed E-state index contributed by atoms with van der Waals surface area (Å²) in [4.78, 5) is 1.48. The summed E-state index contributed by atoms with van der Waals surface area (Å²) in [6.07, 6.45) is 5.88. The number of hydrogen-bond donors (Lipinski definition) is 1. The molecular formula is C15H21N3S. The molecule has 0 aromatic carbocycles. The Hall–Kier alpha value is -1.13. The van der Waals surface area contributed by atoms with Gasteiger partial charge in [-0.2, -0.15) is 5.10 Å². The van der Waals surface area contributed by atoms with Crippen molar-refractivity contribution >= 4 is 11.3 Å². The summed E-state index contributed by atoms with van der Waals surface area (Å²) in [7, 11) is 2.00. The first kappa shape index (κ1) is 12.9. The molecule has 1 unspecified atom stereocenters. The highest BCUT2D eigenvalue weighted by Gasteiger charge is 2.32. The first-order valence-corrected chi connectivity index (χ1v) is 7.94. The number of aryl methyl sites for hydroxylation is 2. The van der Waals surface area contributed by atoms with E-state index in [1.54, 1.807) is 0 Å². The summed E-state index contributed by atoms with van der Waals surface area (Å²) >= 11 is 1.87. The SMILES string of the molecule is CCc1nn(C)cc1CNC(c1cccs1)C1CC1. The summed E-state index contributed by atoms with van der Waals surface area (Å²) in [6.45, 7) is 3.10. The van der Waals surface area contributed by atoms with Crippen LogP contribution in [0, 0.1) is 5.92 Å². The Morgan fingerprint density at radius 1 is 1.53 bits per heavy atom. The van der Waals surface area contributed by atoms with Gasteiger partial charge in [0, 0.05) is 36.3 Å². The van der Waals surface area contributed by atoms with Crippen LogP contribution in [0.2, 0.25) is 0 Å². The molecule has 0 spiro atoms. The third-order valence-corrected chi connectivity index (χ3v) is 4.74. The number of hydrogen-bond acceptors (Lipinski definition) is 3. The normalized spacial score (nSPS) is 16.7. The summed E-state index contributed by atoms with van der Waals surface area (Å²) in [5, 5.41) is 10.4. The van der Waals surface area contributed by atoms with Crippen LogP contribution in [0.5, 0.6) is 0 Å². The van der Waals surface area contributed by atoms with Gasteiger partial charge in [-0.15, -0.1) is 11.3 Å². The number of thiophene rings is 1. The fourth-order valence-electron chi connectivity index (χ4n) is 2.65. The molecule has 2 heterocycles. The summed E-state index contributed by atoms with van der Waals surface area (Å²) in [5.41, 5.74) is 2.56. The second-order valence-electron chi connectivity index (χ2n) is 5.34. The third-order valence-electron chi connectivity index (χ3n) is 3.78. The van der Waals surface area contributed by atoms with Crippen LogP contribution in [0.3, 0.4) is 0 Å². The van der Waals surface area contributed by atoms with Gasteiger partial charge in [-0.1, -0.05) is 13.0 Å². The first-order chi connectivity index (χ1) is 9.28. The van der Waals surface area contributed by atoms with Crippen LogP contribution >= 0.6 is 11.3 Å². The molecule has 19 heavy (non-hydrogen) atoms. The Labute approximate surface area is 118 Å². The second kappa shape index (κ2) is 5.47. The van der Waals surface area contributed by atoms with Crippen LogP contribution in [-0.4, -0.2) is 9.78 Å². The molecule has 4 heteroatoms. The highest BCUT2D eigenvalue weighted by atomic mass is 32.1. The van der Waals surface area contributed by atoms with E-state index in [1.807, 2.05) is 23.1 Å². The van der Waals surface area contributed by atoms with Crippen LogP contribution in [0.25, 0.3) is 0 Å². The van der Waals surface area contributed by atoms with E-state index in [-0.39, 0.29) is 0 Å². The predicted octanol–water partition coefficient (Wildman–Crippen LogP) is 3.28. The molecule has 3 rings (SSSR count). The molecule has 0 aliphatic heterocycles. The standard InChI is InChI=1S/C15H21N3S/c1-3-13-12(10-18(2)17-13)9-16-15(11-6-7-11)14-5-4-8-19-14/h4-5,8,10-11,15-16H,3,6-7,9H2,1-2H3. The zero-order valence-corrected chi connectivity index (χ0v) is 12.4. The molecule has 3 nitrogen and oxygen atoms in total. The molecule has 1 aliphatic carbocycles. The molecule has 1 atom stereocenters. The van der Waals surface area contributed by atoms with Gasteiger partial charge in [0.2, 0.25) is 0 Å². The van der Waals surface area contributed by atoms with Gasteiger partial charge in [-0.05, 0) is 36.6 Å². The van der Waals surface area contributed by atoms with Gasteiger partial charge in [-0.3, -0.25) is 4.68 Å². The Balaban J connectivity index is 1.69. The van der Waals surface area contributed by atoms with Crippen molar-refractivity contribution in [2.45, 2.75) is 38.8 Å². The molecule has 102 valence electrons. The predicted molar refractivity (Wildman–Crippen MR) is 79.2 cm³/mol. The van der Waals surface area contributed by atoms with Gasteiger partial charge in [0.05, 0.1) is 5.69 Å². The van der Waals surface area contributed by atoms with Crippen LogP contribution < -0.4 is 5.32 Å². The minimum atomic E-state index is 0.532. The largest absolute Gasteiger partial charge is 0.305 e. The Morgan fingerprint density at radius 3 is 3.00 bits per heavy atom. The lowest BCUT2D eigenvalue weighted by Crippen LogP contribution is -2.22. The number of rotatable bonds is 6. The molecule has 0 amide bonds. The lowest BCUT2D eigenvalue weighted by Gasteiger charge is -2.16. The molecule has 1 aliphatic rings. The third kappa shape index (κ3) is 2.90. The van der Waals surface area contributed by atoms with E-state index < -0.39 is 0 Å². The maximum absolute atomic E-state index is 4.51. The van der Waals surface area contributed by atoms with Crippen molar-refractivity contribution in [3.05, 3.63) is 39.8 Å². The summed E-state index contributed by atoms with van der Waals surface area (Å²) < 4.78 is 1.92. The minimum absolute atomic E-state index is 0.532. The lowest BCUT2D eigenvalue weighted by molar-refractivity contribution is 0.486. The Bertz CT molecular complexity index is 526. The average Bonchev–Trinajstić information content (AvgIpc) is 2.96. The molecule has 2 aromatic rings. The Morgan fingerprint density at radius 2 is 2.37 bits per heavy atom. The van der Waals surface area contributed by atoms with Crippen molar-refractivity contribution in [1.82, 2.24) is 15.1 Å². The maximum Gasteiger partial charge on any atom is 0.0666 e. The van der Waals surface area contributed by atoms with Crippen LogP contribution in [0.1, 0.15) is 41.9 Å². The van der Waals surface area contributed by atoms with Crippen molar-refractivity contribution in [2.24, 2.45) is 13.0 Å². The Kier molecular flexibility index (Phi) is 3.71. The zero-order valence-electron chi connectivity index (χ0n) is 11.6. The van der Waals surface area contributed by atoms with Crippen molar-refractivity contribution in [3.63, 3.8) is 0 Å². The van der Waals surface area contributed by atoms with Crippen molar-refractivity contribution in [2.75, 3.05) is 0 Å². The average molecular weight is 275 g/mol. The molecule has 1 fully saturated rings. The first-order valence-electron chi connectivity index (χ1n) is 7.06. The fourth-order valence-corrected chi connectivity index (χ4v) is 3.54. The quantitative estimate of drug-likeness (QED) is 0.876. The van der Waals surface area contributed by atoms with Gasteiger partial charge in [0.15, 0.2) is 0 Å². The molecular weight excluding hydrogens is 254 g/mol. The molecule has 2 aromatic heterocycles. The topological polar surface area (TPSA) is 29.9 Å². The summed E-state index contributed by atoms with van der Waals surface area (Å²) in [6, 6.07) is 4.94. The molecule has 0 radical (unpaired) electrons. The fraction of sp³-hybridized carbons (Fsp3) is 0.533. The van der Waals surface area contributed by atoms with Crippen molar-refractivity contribution < 1.29 is 0 Å². The molecule has 1 saturated carbocycles. The van der Waals surface area contributed by atoms with Gasteiger partial charge in [-0.25, -0.2) is 0 Å². The second-order valence-corrected chi connectivity index (χ2v) is 6.32. The van der Waals surface area contributed by atoms with E-state index in [0.29, 0.717) is 6.04 Å². The van der Waals surface area contributed by atoms with Gasteiger partial charge >= 0.3 is 0 Å². The smallest absolute Gasteiger partial charge is 0.0666 e. The molecule has 0 saturated heterocycles. The maximum atomic E-state index is 4.51. The number of nitrogens with zero attached hydrogens (tertiary/aromatic N) is 2. The zero-order chi connectivity index (χ0) is 13.2. The van der Waals surface area contributed by atoms with Crippen LogP contribution in [0.15, 0.2) is 23.7 Å². The van der Waals surface area contributed by atoms with Gasteiger partial charge in [0.1, 0.15) is 0 Å². The monoisotopic (exact) mass is 275 g/mol. The molecule has 1 N–H and O–H groups in total. The molecule has 0 bridgehead atoms. The van der Waals surface area contributed by atoms with Gasteiger partial charge < -0.3 is 5.32 Å². The van der Waals surface area contributed by atoms with Crippen LogP contribution in [-0.2, 0) is 20.0 Å². The van der Waals surface area contributed by atoms with E-state index in [4.69, 9.17) is 0 Å².